The standard InChI is InChI=1S/C23H26N4O2/c1-16-12-14-27(15-13-16)18-8-6-17(7-9-18)24-22(28)11-10-21-25-20-5-3-2-4-19(20)23(29)26-21/h2-9,16H,10-15H2,1H3,(H,24,28)(H,25,26,29). The van der Waals surface area contributed by atoms with Crippen LogP contribution in [0.5, 0.6) is 0 Å². The first kappa shape index (κ1) is 19.2. The molecule has 0 radical (unpaired) electrons. The summed E-state index contributed by atoms with van der Waals surface area (Å²) in [6, 6.07) is 15.2. The number of fused-ring (bicyclic) bond motifs is 1. The number of nitrogens with one attached hydrogen (secondary N) is 2. The number of carbonyl (C=O) groups excluding carboxylic acids is 1. The highest BCUT2D eigenvalue weighted by molar-refractivity contribution is 5.91. The summed E-state index contributed by atoms with van der Waals surface area (Å²) in [4.78, 5) is 34.0. The Balaban J connectivity index is 1.33. The van der Waals surface area contributed by atoms with Crippen molar-refractivity contribution in [3.8, 4) is 0 Å². The lowest BCUT2D eigenvalue weighted by Gasteiger charge is -2.32. The second kappa shape index (κ2) is 8.47. The van der Waals surface area contributed by atoms with Crippen LogP contribution in [-0.4, -0.2) is 29.0 Å². The molecule has 1 amide bonds. The molecule has 0 saturated carbocycles. The van der Waals surface area contributed by atoms with Crippen molar-refractivity contribution in [3.63, 3.8) is 0 Å². The molecule has 150 valence electrons. The van der Waals surface area contributed by atoms with Crippen LogP contribution in [0, 0.1) is 5.92 Å². The Morgan fingerprint density at radius 1 is 1.14 bits per heavy atom. The van der Waals surface area contributed by atoms with Crippen LogP contribution in [0.1, 0.15) is 32.0 Å². The van der Waals surface area contributed by atoms with Crippen LogP contribution in [0.4, 0.5) is 11.4 Å². The van der Waals surface area contributed by atoms with Gasteiger partial charge in [0.05, 0.1) is 10.9 Å². The molecular formula is C23H26N4O2. The van der Waals surface area contributed by atoms with Crippen molar-refractivity contribution in [2.24, 2.45) is 5.92 Å². The highest BCUT2D eigenvalue weighted by atomic mass is 16.1. The van der Waals surface area contributed by atoms with Crippen molar-refractivity contribution in [1.29, 1.82) is 0 Å². The molecule has 0 unspecified atom stereocenters. The summed E-state index contributed by atoms with van der Waals surface area (Å²) in [7, 11) is 0. The van der Waals surface area contributed by atoms with Crippen LogP contribution in [0.2, 0.25) is 0 Å². The predicted octanol–water partition coefficient (Wildman–Crippen LogP) is 3.73. The third-order valence-electron chi connectivity index (χ3n) is 5.55. The van der Waals surface area contributed by atoms with Crippen LogP contribution in [0.15, 0.2) is 53.3 Å². The van der Waals surface area contributed by atoms with Gasteiger partial charge in [0, 0.05) is 37.3 Å². The molecule has 1 aliphatic rings. The summed E-state index contributed by atoms with van der Waals surface area (Å²) in [5.41, 5.74) is 2.46. The molecule has 2 heterocycles. The smallest absolute Gasteiger partial charge is 0.258 e. The molecule has 1 saturated heterocycles. The molecule has 6 heteroatoms. The predicted molar refractivity (Wildman–Crippen MR) is 116 cm³/mol. The minimum atomic E-state index is -0.172. The van der Waals surface area contributed by atoms with E-state index in [1.54, 1.807) is 12.1 Å². The maximum absolute atomic E-state index is 12.3. The fraction of sp³-hybridized carbons (Fsp3) is 0.348. The van der Waals surface area contributed by atoms with E-state index in [-0.39, 0.29) is 17.9 Å². The number of aromatic amines is 1. The van der Waals surface area contributed by atoms with Gasteiger partial charge in [0.15, 0.2) is 0 Å². The average Bonchev–Trinajstić information content (AvgIpc) is 2.74. The lowest BCUT2D eigenvalue weighted by atomic mass is 9.99. The molecular weight excluding hydrogens is 364 g/mol. The first-order valence-corrected chi connectivity index (χ1v) is 10.2. The van der Waals surface area contributed by atoms with E-state index >= 15 is 0 Å². The molecule has 0 bridgehead atoms. The largest absolute Gasteiger partial charge is 0.372 e. The van der Waals surface area contributed by atoms with E-state index in [4.69, 9.17) is 0 Å². The van der Waals surface area contributed by atoms with Gasteiger partial charge in [-0.25, -0.2) is 4.98 Å². The number of carbonyl (C=O) groups is 1. The number of nitrogens with zero attached hydrogens (tertiary/aromatic N) is 2. The van der Waals surface area contributed by atoms with E-state index in [1.165, 1.54) is 18.5 Å². The van der Waals surface area contributed by atoms with E-state index in [0.717, 1.165) is 24.7 Å². The Morgan fingerprint density at radius 2 is 1.86 bits per heavy atom. The summed E-state index contributed by atoms with van der Waals surface area (Å²) in [6.07, 6.45) is 3.09. The van der Waals surface area contributed by atoms with E-state index in [1.807, 2.05) is 24.3 Å². The van der Waals surface area contributed by atoms with E-state index in [0.29, 0.717) is 23.1 Å². The van der Waals surface area contributed by atoms with Crippen LogP contribution >= 0.6 is 0 Å². The highest BCUT2D eigenvalue weighted by Gasteiger charge is 2.16. The third kappa shape index (κ3) is 4.65. The number of benzene rings is 2. The fourth-order valence-corrected chi connectivity index (χ4v) is 3.73. The number of H-pyrrole nitrogens is 1. The molecule has 2 aromatic carbocycles. The van der Waals surface area contributed by atoms with Crippen molar-refractivity contribution in [1.82, 2.24) is 9.97 Å². The van der Waals surface area contributed by atoms with E-state index in [9.17, 15) is 9.59 Å². The van der Waals surface area contributed by atoms with Gasteiger partial charge in [0.1, 0.15) is 5.82 Å². The number of aryl methyl sites for hydroxylation is 1. The molecule has 29 heavy (non-hydrogen) atoms. The normalized spacial score (nSPS) is 14.9. The SMILES string of the molecule is CC1CCN(c2ccc(NC(=O)CCc3nc4ccccc4c(=O)[nH]3)cc2)CC1. The molecule has 1 aromatic heterocycles. The zero-order valence-corrected chi connectivity index (χ0v) is 16.6. The Bertz CT molecular complexity index is 1050. The number of para-hydroxylation sites is 1. The Morgan fingerprint density at radius 3 is 2.62 bits per heavy atom. The van der Waals surface area contributed by atoms with Crippen molar-refractivity contribution in [3.05, 3.63) is 64.7 Å². The molecule has 4 rings (SSSR count). The van der Waals surface area contributed by atoms with E-state index in [2.05, 4.69) is 39.2 Å². The number of hydrogen-bond acceptors (Lipinski definition) is 4. The summed E-state index contributed by atoms with van der Waals surface area (Å²) in [5, 5.41) is 3.48. The zero-order chi connectivity index (χ0) is 20.2. The maximum atomic E-state index is 12.3. The Labute approximate surface area is 170 Å². The lowest BCUT2D eigenvalue weighted by Crippen LogP contribution is -2.32. The average molecular weight is 390 g/mol. The molecule has 0 atom stereocenters. The summed E-state index contributed by atoms with van der Waals surface area (Å²) in [6.45, 7) is 4.48. The Hall–Kier alpha value is -3.15. The minimum absolute atomic E-state index is 0.0969. The quantitative estimate of drug-likeness (QED) is 0.696. The van der Waals surface area contributed by atoms with Gasteiger partial charge in [-0.2, -0.15) is 0 Å². The molecule has 1 aliphatic heterocycles. The second-order valence-electron chi connectivity index (χ2n) is 7.79. The first-order chi connectivity index (χ1) is 14.1. The van der Waals surface area contributed by atoms with Crippen LogP contribution < -0.4 is 15.8 Å². The number of rotatable bonds is 5. The van der Waals surface area contributed by atoms with Crippen molar-refractivity contribution in [2.75, 3.05) is 23.3 Å². The number of aromatic nitrogens is 2. The van der Waals surface area contributed by atoms with E-state index < -0.39 is 0 Å². The highest BCUT2D eigenvalue weighted by Crippen LogP contribution is 2.24. The van der Waals surface area contributed by atoms with Gasteiger partial charge in [-0.15, -0.1) is 0 Å². The third-order valence-corrected chi connectivity index (χ3v) is 5.55. The lowest BCUT2D eigenvalue weighted by molar-refractivity contribution is -0.116. The fourth-order valence-electron chi connectivity index (χ4n) is 3.73. The van der Waals surface area contributed by atoms with Gasteiger partial charge in [0.25, 0.3) is 5.56 Å². The number of hydrogen-bond donors (Lipinski definition) is 2. The summed E-state index contributed by atoms with van der Waals surface area (Å²) < 4.78 is 0. The maximum Gasteiger partial charge on any atom is 0.258 e. The Kier molecular flexibility index (Phi) is 5.60. The van der Waals surface area contributed by atoms with Crippen molar-refractivity contribution in [2.45, 2.75) is 32.6 Å². The van der Waals surface area contributed by atoms with Crippen molar-refractivity contribution < 1.29 is 4.79 Å². The van der Waals surface area contributed by atoms with Crippen LogP contribution in [0.3, 0.4) is 0 Å². The zero-order valence-electron chi connectivity index (χ0n) is 16.6. The van der Waals surface area contributed by atoms with Gasteiger partial charge in [-0.3, -0.25) is 9.59 Å². The summed E-state index contributed by atoms with van der Waals surface area (Å²) in [5.74, 6) is 1.23. The second-order valence-corrected chi connectivity index (χ2v) is 7.79. The first-order valence-electron chi connectivity index (χ1n) is 10.2. The van der Waals surface area contributed by atoms with Crippen LogP contribution in [0.25, 0.3) is 10.9 Å². The number of amides is 1. The molecule has 0 spiro atoms. The molecule has 6 nitrogen and oxygen atoms in total. The summed E-state index contributed by atoms with van der Waals surface area (Å²) >= 11 is 0. The molecule has 3 aromatic rings. The van der Waals surface area contributed by atoms with Crippen LogP contribution in [-0.2, 0) is 11.2 Å². The topological polar surface area (TPSA) is 78.1 Å². The van der Waals surface area contributed by atoms with Gasteiger partial charge < -0.3 is 15.2 Å². The van der Waals surface area contributed by atoms with Gasteiger partial charge in [-0.05, 0) is 55.2 Å². The minimum Gasteiger partial charge on any atom is -0.372 e. The van der Waals surface area contributed by atoms with Gasteiger partial charge in [0.2, 0.25) is 5.91 Å². The molecule has 1 fully saturated rings. The molecule has 0 aliphatic carbocycles. The van der Waals surface area contributed by atoms with Gasteiger partial charge >= 0.3 is 0 Å². The monoisotopic (exact) mass is 390 g/mol. The number of piperidine rings is 1. The van der Waals surface area contributed by atoms with Crippen molar-refractivity contribution >= 4 is 28.2 Å². The van der Waals surface area contributed by atoms with Gasteiger partial charge in [-0.1, -0.05) is 19.1 Å². The number of anilines is 2. The molecule has 2 N–H and O–H groups in total.